The third-order valence-corrected chi connectivity index (χ3v) is 5.14. The first-order valence-electron chi connectivity index (χ1n) is 9.28. The Labute approximate surface area is 164 Å². The largest absolute Gasteiger partial charge is 0.497 e. The SMILES string of the molecule is COc1ccc(OC)c([C@@H]2CCC[NH+]2CC(=O)Nc2ccc(C(N)=O)cc2)c1. The maximum Gasteiger partial charge on any atom is 0.279 e. The number of rotatable bonds is 7. The molecule has 1 saturated heterocycles. The molecule has 1 aliphatic rings. The van der Waals surface area contributed by atoms with Gasteiger partial charge in [-0.25, -0.2) is 0 Å². The molecular weight excluding hydrogens is 358 g/mol. The molecule has 2 aromatic carbocycles. The second kappa shape index (κ2) is 8.75. The van der Waals surface area contributed by atoms with Gasteiger partial charge < -0.3 is 25.4 Å². The van der Waals surface area contributed by atoms with Crippen LogP contribution in [0.4, 0.5) is 5.69 Å². The Morgan fingerprint density at radius 1 is 1.14 bits per heavy atom. The number of amides is 2. The van der Waals surface area contributed by atoms with Gasteiger partial charge in [-0.1, -0.05) is 0 Å². The molecule has 28 heavy (non-hydrogen) atoms. The number of nitrogens with two attached hydrogens (primary N) is 1. The maximum absolute atomic E-state index is 12.6. The highest BCUT2D eigenvalue weighted by Crippen LogP contribution is 2.31. The fraction of sp³-hybridized carbons (Fsp3) is 0.333. The quantitative estimate of drug-likeness (QED) is 0.668. The van der Waals surface area contributed by atoms with Crippen LogP contribution in [-0.4, -0.2) is 39.1 Å². The monoisotopic (exact) mass is 384 g/mol. The lowest BCUT2D eigenvalue weighted by atomic mass is 10.0. The molecule has 2 atom stereocenters. The molecule has 0 radical (unpaired) electrons. The highest BCUT2D eigenvalue weighted by molar-refractivity contribution is 5.95. The van der Waals surface area contributed by atoms with E-state index in [9.17, 15) is 9.59 Å². The number of benzene rings is 2. The van der Waals surface area contributed by atoms with Crippen LogP contribution in [0.15, 0.2) is 42.5 Å². The van der Waals surface area contributed by atoms with Crippen LogP contribution in [0.2, 0.25) is 0 Å². The Balaban J connectivity index is 1.69. The van der Waals surface area contributed by atoms with Gasteiger partial charge in [0.2, 0.25) is 5.91 Å². The van der Waals surface area contributed by atoms with Crippen LogP contribution >= 0.6 is 0 Å². The van der Waals surface area contributed by atoms with Gasteiger partial charge in [-0.2, -0.15) is 0 Å². The van der Waals surface area contributed by atoms with Crippen LogP contribution in [0.3, 0.4) is 0 Å². The van der Waals surface area contributed by atoms with Gasteiger partial charge in [0.25, 0.3) is 5.91 Å². The van der Waals surface area contributed by atoms with Crippen LogP contribution in [0.1, 0.15) is 34.8 Å². The third kappa shape index (κ3) is 4.43. The molecule has 0 spiro atoms. The lowest BCUT2D eigenvalue weighted by molar-refractivity contribution is -0.910. The summed E-state index contributed by atoms with van der Waals surface area (Å²) in [5.74, 6) is 1.03. The summed E-state index contributed by atoms with van der Waals surface area (Å²) in [5, 5.41) is 2.89. The number of methoxy groups -OCH3 is 2. The molecule has 0 aromatic heterocycles. The lowest BCUT2D eigenvalue weighted by Crippen LogP contribution is -3.11. The van der Waals surface area contributed by atoms with Crippen molar-refractivity contribution in [1.82, 2.24) is 0 Å². The van der Waals surface area contributed by atoms with Crippen LogP contribution < -0.4 is 25.4 Å². The molecule has 7 heteroatoms. The van der Waals surface area contributed by atoms with E-state index < -0.39 is 5.91 Å². The summed E-state index contributed by atoms with van der Waals surface area (Å²) >= 11 is 0. The number of anilines is 1. The predicted molar refractivity (Wildman–Crippen MR) is 106 cm³/mol. The van der Waals surface area contributed by atoms with E-state index in [1.165, 1.54) is 4.90 Å². The zero-order valence-electron chi connectivity index (χ0n) is 16.2. The van der Waals surface area contributed by atoms with E-state index in [0.29, 0.717) is 17.8 Å². The zero-order valence-corrected chi connectivity index (χ0v) is 16.2. The Kier molecular flexibility index (Phi) is 6.16. The molecule has 1 fully saturated rings. The number of ether oxygens (including phenoxy) is 2. The molecular formula is C21H26N3O4+. The zero-order chi connectivity index (χ0) is 20.1. The highest BCUT2D eigenvalue weighted by atomic mass is 16.5. The predicted octanol–water partition coefficient (Wildman–Crippen LogP) is 1.16. The molecule has 0 aliphatic carbocycles. The summed E-state index contributed by atoms with van der Waals surface area (Å²) < 4.78 is 10.9. The number of likely N-dealkylation sites (tertiary alicyclic amines) is 1. The summed E-state index contributed by atoms with van der Waals surface area (Å²) in [6.07, 6.45) is 2.03. The fourth-order valence-electron chi connectivity index (χ4n) is 3.74. The van der Waals surface area contributed by atoms with E-state index in [1.807, 2.05) is 18.2 Å². The molecule has 2 aromatic rings. The molecule has 1 heterocycles. The van der Waals surface area contributed by atoms with Crippen molar-refractivity contribution in [2.45, 2.75) is 18.9 Å². The number of quaternary nitrogens is 1. The Morgan fingerprint density at radius 2 is 1.89 bits per heavy atom. The summed E-state index contributed by atoms with van der Waals surface area (Å²) in [7, 11) is 3.30. The molecule has 3 rings (SSSR count). The van der Waals surface area contributed by atoms with Crippen molar-refractivity contribution in [2.24, 2.45) is 5.73 Å². The number of primary amides is 1. The van der Waals surface area contributed by atoms with Gasteiger partial charge in [-0.15, -0.1) is 0 Å². The normalized spacial score (nSPS) is 18.5. The van der Waals surface area contributed by atoms with Crippen molar-refractivity contribution in [3.05, 3.63) is 53.6 Å². The minimum Gasteiger partial charge on any atom is -0.497 e. The van der Waals surface area contributed by atoms with E-state index in [2.05, 4.69) is 5.32 Å². The van der Waals surface area contributed by atoms with Gasteiger partial charge in [0.05, 0.1) is 26.3 Å². The van der Waals surface area contributed by atoms with Gasteiger partial charge in [-0.3, -0.25) is 9.59 Å². The van der Waals surface area contributed by atoms with Gasteiger partial charge in [-0.05, 0) is 42.5 Å². The van der Waals surface area contributed by atoms with Gasteiger partial charge in [0, 0.05) is 24.1 Å². The van der Waals surface area contributed by atoms with Crippen molar-refractivity contribution in [3.63, 3.8) is 0 Å². The Morgan fingerprint density at radius 3 is 2.54 bits per heavy atom. The van der Waals surface area contributed by atoms with Crippen molar-refractivity contribution < 1.29 is 24.0 Å². The topological polar surface area (TPSA) is 95.1 Å². The van der Waals surface area contributed by atoms with Crippen molar-refractivity contribution in [1.29, 1.82) is 0 Å². The number of hydrogen-bond donors (Lipinski definition) is 3. The van der Waals surface area contributed by atoms with E-state index in [1.54, 1.807) is 38.5 Å². The van der Waals surface area contributed by atoms with Gasteiger partial charge in [0.1, 0.15) is 17.5 Å². The molecule has 1 aliphatic heterocycles. The van der Waals surface area contributed by atoms with Gasteiger partial charge >= 0.3 is 0 Å². The summed E-state index contributed by atoms with van der Waals surface area (Å²) in [5.41, 5.74) is 7.36. The van der Waals surface area contributed by atoms with E-state index >= 15 is 0 Å². The van der Waals surface area contributed by atoms with Crippen molar-refractivity contribution in [2.75, 3.05) is 32.6 Å². The summed E-state index contributed by atoms with van der Waals surface area (Å²) in [6, 6.07) is 12.5. The number of carbonyl (C=O) groups excluding carboxylic acids is 2. The first-order valence-corrected chi connectivity index (χ1v) is 9.28. The fourth-order valence-corrected chi connectivity index (χ4v) is 3.74. The number of nitrogens with one attached hydrogen (secondary N) is 2. The van der Waals surface area contributed by atoms with Crippen molar-refractivity contribution in [3.8, 4) is 11.5 Å². The Bertz CT molecular complexity index is 851. The molecule has 1 unspecified atom stereocenters. The summed E-state index contributed by atoms with van der Waals surface area (Å²) in [4.78, 5) is 24.9. The first-order chi connectivity index (χ1) is 13.5. The van der Waals surface area contributed by atoms with Crippen LogP contribution in [-0.2, 0) is 4.79 Å². The van der Waals surface area contributed by atoms with Crippen LogP contribution in [0, 0.1) is 0 Å². The van der Waals surface area contributed by atoms with Crippen LogP contribution in [0.5, 0.6) is 11.5 Å². The third-order valence-electron chi connectivity index (χ3n) is 5.14. The molecule has 4 N–H and O–H groups in total. The average molecular weight is 384 g/mol. The van der Waals surface area contributed by atoms with E-state index in [-0.39, 0.29) is 11.9 Å². The van der Waals surface area contributed by atoms with E-state index in [4.69, 9.17) is 15.2 Å². The second-order valence-corrected chi connectivity index (χ2v) is 6.88. The maximum atomic E-state index is 12.6. The smallest absolute Gasteiger partial charge is 0.279 e. The molecule has 2 amide bonds. The average Bonchev–Trinajstić information content (AvgIpc) is 3.15. The lowest BCUT2D eigenvalue weighted by Gasteiger charge is -2.23. The van der Waals surface area contributed by atoms with Crippen LogP contribution in [0.25, 0.3) is 0 Å². The Hall–Kier alpha value is -3.06. The first kappa shape index (κ1) is 19.7. The molecule has 148 valence electrons. The second-order valence-electron chi connectivity index (χ2n) is 6.88. The summed E-state index contributed by atoms with van der Waals surface area (Å²) in [6.45, 7) is 1.27. The minimum absolute atomic E-state index is 0.0735. The molecule has 0 saturated carbocycles. The molecule has 7 nitrogen and oxygen atoms in total. The van der Waals surface area contributed by atoms with Crippen molar-refractivity contribution >= 4 is 17.5 Å². The van der Waals surface area contributed by atoms with E-state index in [0.717, 1.165) is 36.4 Å². The van der Waals surface area contributed by atoms with Gasteiger partial charge in [0.15, 0.2) is 6.54 Å². The number of carbonyl (C=O) groups is 2. The minimum atomic E-state index is -0.491. The standard InChI is InChI=1S/C21H25N3O4/c1-27-16-9-10-19(28-2)17(12-16)18-4-3-11-24(18)13-20(25)23-15-7-5-14(6-8-15)21(22)26/h5-10,12,18H,3-4,11,13H2,1-2H3,(H2,22,26)(H,23,25)/p+1/t18-/m0/s1. The highest BCUT2D eigenvalue weighted by Gasteiger charge is 2.34. The number of hydrogen-bond acceptors (Lipinski definition) is 4. The molecule has 0 bridgehead atoms.